The van der Waals surface area contributed by atoms with E-state index in [1.807, 2.05) is 20.8 Å². The van der Waals surface area contributed by atoms with Gasteiger partial charge in [-0.25, -0.2) is 4.79 Å². The van der Waals surface area contributed by atoms with Gasteiger partial charge in [-0.2, -0.15) is 12.6 Å². The maximum absolute atomic E-state index is 11.5. The highest BCUT2D eigenvalue weighted by Gasteiger charge is 2.61. The fourth-order valence-corrected chi connectivity index (χ4v) is 3.02. The van der Waals surface area contributed by atoms with Gasteiger partial charge in [0.05, 0.1) is 12.2 Å². The number of thiol groups is 1. The molecule has 3 rings (SSSR count). The number of alkyl carbamates (subject to hydrolysis) is 1. The first-order valence-electron chi connectivity index (χ1n) is 6.00. The molecule has 1 saturated carbocycles. The Hall–Kier alpha value is -0.420. The predicted molar refractivity (Wildman–Crippen MR) is 68.4 cm³/mol. The number of rotatable bonds is 3. The monoisotopic (exact) mass is 259 g/mol. The molecule has 4 nitrogen and oxygen atoms in total. The Morgan fingerprint density at radius 2 is 2.12 bits per heavy atom. The first-order valence-corrected chi connectivity index (χ1v) is 6.63. The highest BCUT2D eigenvalue weighted by Crippen LogP contribution is 2.57. The van der Waals surface area contributed by atoms with Gasteiger partial charge in [0.15, 0.2) is 0 Å². The molecule has 0 aromatic carbocycles. The molecule has 1 amide bonds. The van der Waals surface area contributed by atoms with Gasteiger partial charge in [0.25, 0.3) is 0 Å². The number of carbonyl (C=O) groups excluding carboxylic acids is 1. The van der Waals surface area contributed by atoms with Crippen molar-refractivity contribution >= 4 is 18.7 Å². The average Bonchev–Trinajstić information content (AvgIpc) is 2.67. The standard InChI is InChI=1S/C12H21NO3S/c1-10(2,3)16-9(14)13-6-12-4-11(5-12,8-17)7-15-12/h17H,4-8H2,1-3H3,(H,13,14). The summed E-state index contributed by atoms with van der Waals surface area (Å²) in [6, 6.07) is 0. The van der Waals surface area contributed by atoms with Crippen LogP contribution in [0.5, 0.6) is 0 Å². The van der Waals surface area contributed by atoms with Crippen molar-refractivity contribution in [3.8, 4) is 0 Å². The average molecular weight is 259 g/mol. The zero-order valence-corrected chi connectivity index (χ0v) is 11.6. The Morgan fingerprint density at radius 1 is 1.47 bits per heavy atom. The fraction of sp³-hybridized carbons (Fsp3) is 0.917. The van der Waals surface area contributed by atoms with Crippen molar-refractivity contribution in [2.75, 3.05) is 18.9 Å². The SMILES string of the molecule is CC(C)(C)OC(=O)NCC12CC(CS)(CO1)C2. The Kier molecular flexibility index (Phi) is 3.11. The maximum Gasteiger partial charge on any atom is 0.407 e. The summed E-state index contributed by atoms with van der Waals surface area (Å²) in [7, 11) is 0. The van der Waals surface area contributed by atoms with Crippen LogP contribution in [0.3, 0.4) is 0 Å². The molecule has 98 valence electrons. The second-order valence-corrected chi connectivity index (χ2v) is 6.66. The van der Waals surface area contributed by atoms with E-state index < -0.39 is 5.60 Å². The summed E-state index contributed by atoms with van der Waals surface area (Å²) in [6.07, 6.45) is 1.63. The van der Waals surface area contributed by atoms with Crippen LogP contribution in [0.1, 0.15) is 33.6 Å². The Balaban J connectivity index is 1.76. The van der Waals surface area contributed by atoms with Crippen molar-refractivity contribution in [2.45, 2.75) is 44.8 Å². The molecule has 2 saturated heterocycles. The lowest BCUT2D eigenvalue weighted by Crippen LogP contribution is -2.52. The highest BCUT2D eigenvalue weighted by molar-refractivity contribution is 7.80. The zero-order valence-electron chi connectivity index (χ0n) is 10.7. The van der Waals surface area contributed by atoms with Gasteiger partial charge in [-0.05, 0) is 39.4 Å². The highest BCUT2D eigenvalue weighted by atomic mass is 32.1. The number of fused-ring (bicyclic) bond motifs is 1. The minimum atomic E-state index is -0.452. The molecule has 0 spiro atoms. The fourth-order valence-electron chi connectivity index (χ4n) is 2.71. The van der Waals surface area contributed by atoms with E-state index in [0.717, 1.165) is 25.2 Å². The van der Waals surface area contributed by atoms with Crippen molar-refractivity contribution in [3.63, 3.8) is 0 Å². The minimum absolute atomic E-state index is 0.153. The molecule has 0 atom stereocenters. The lowest BCUT2D eigenvalue weighted by atomic mass is 9.63. The third-order valence-electron chi connectivity index (χ3n) is 3.37. The van der Waals surface area contributed by atoms with Crippen LogP contribution in [0, 0.1) is 5.41 Å². The van der Waals surface area contributed by atoms with E-state index >= 15 is 0 Å². The molecule has 3 aliphatic rings. The van der Waals surface area contributed by atoms with Gasteiger partial charge in [0, 0.05) is 12.0 Å². The molecule has 0 radical (unpaired) electrons. The number of nitrogens with one attached hydrogen (secondary N) is 1. The summed E-state index contributed by atoms with van der Waals surface area (Å²) in [4.78, 5) is 11.5. The van der Waals surface area contributed by atoms with Gasteiger partial charge >= 0.3 is 6.09 Å². The van der Waals surface area contributed by atoms with Crippen molar-refractivity contribution < 1.29 is 14.3 Å². The Morgan fingerprint density at radius 3 is 2.59 bits per heavy atom. The van der Waals surface area contributed by atoms with Gasteiger partial charge in [-0.15, -0.1) is 0 Å². The van der Waals surface area contributed by atoms with Gasteiger partial charge in [-0.1, -0.05) is 0 Å². The molecule has 2 heterocycles. The molecule has 1 aliphatic carbocycles. The molecule has 5 heteroatoms. The largest absolute Gasteiger partial charge is 0.444 e. The molecule has 1 N–H and O–H groups in total. The molecule has 3 fully saturated rings. The van der Waals surface area contributed by atoms with Crippen LogP contribution in [0.4, 0.5) is 4.79 Å². The van der Waals surface area contributed by atoms with Gasteiger partial charge in [0.2, 0.25) is 0 Å². The summed E-state index contributed by atoms with van der Waals surface area (Å²) in [5, 5.41) is 2.79. The number of carbonyl (C=O) groups is 1. The van der Waals surface area contributed by atoms with Gasteiger partial charge in [-0.3, -0.25) is 0 Å². The van der Waals surface area contributed by atoms with E-state index in [0.29, 0.717) is 6.54 Å². The van der Waals surface area contributed by atoms with E-state index in [-0.39, 0.29) is 17.1 Å². The van der Waals surface area contributed by atoms with Crippen LogP contribution in [0.25, 0.3) is 0 Å². The molecule has 0 aromatic rings. The van der Waals surface area contributed by atoms with Crippen molar-refractivity contribution in [1.82, 2.24) is 5.32 Å². The van der Waals surface area contributed by atoms with Crippen molar-refractivity contribution in [3.05, 3.63) is 0 Å². The molecule has 0 aromatic heterocycles. The molecule has 2 bridgehead atoms. The third kappa shape index (κ3) is 2.71. The summed E-state index contributed by atoms with van der Waals surface area (Å²) < 4.78 is 11.0. The van der Waals surface area contributed by atoms with E-state index in [2.05, 4.69) is 17.9 Å². The van der Waals surface area contributed by atoms with Gasteiger partial charge in [0.1, 0.15) is 5.60 Å². The Bertz CT molecular complexity index is 318. The molecule has 17 heavy (non-hydrogen) atoms. The van der Waals surface area contributed by atoms with Crippen LogP contribution in [-0.2, 0) is 9.47 Å². The number of amides is 1. The molecular formula is C12H21NO3S. The third-order valence-corrected chi connectivity index (χ3v) is 4.04. The molecular weight excluding hydrogens is 238 g/mol. The van der Waals surface area contributed by atoms with Crippen LogP contribution in [0.2, 0.25) is 0 Å². The second-order valence-electron chi connectivity index (χ2n) is 6.34. The van der Waals surface area contributed by atoms with E-state index in [9.17, 15) is 4.79 Å². The van der Waals surface area contributed by atoms with E-state index in [1.165, 1.54) is 0 Å². The molecule has 2 aliphatic heterocycles. The summed E-state index contributed by atoms with van der Waals surface area (Å²) >= 11 is 4.35. The first kappa shape index (κ1) is 13.0. The van der Waals surface area contributed by atoms with Crippen molar-refractivity contribution in [2.24, 2.45) is 5.41 Å². The molecule has 0 unspecified atom stereocenters. The number of ether oxygens (including phenoxy) is 2. The maximum atomic E-state index is 11.5. The van der Waals surface area contributed by atoms with Crippen molar-refractivity contribution in [1.29, 1.82) is 0 Å². The van der Waals surface area contributed by atoms with E-state index in [1.54, 1.807) is 0 Å². The van der Waals surface area contributed by atoms with E-state index in [4.69, 9.17) is 9.47 Å². The quantitative estimate of drug-likeness (QED) is 0.762. The topological polar surface area (TPSA) is 47.6 Å². The lowest BCUT2D eigenvalue weighted by Gasteiger charge is -2.43. The lowest BCUT2D eigenvalue weighted by molar-refractivity contribution is -0.0136. The second kappa shape index (κ2) is 4.05. The summed E-state index contributed by atoms with van der Waals surface area (Å²) in [6.45, 7) is 6.87. The predicted octanol–water partition coefficient (Wildman–Crippen LogP) is 1.99. The zero-order chi connectivity index (χ0) is 12.7. The minimum Gasteiger partial charge on any atom is -0.444 e. The van der Waals surface area contributed by atoms with Crippen LogP contribution < -0.4 is 5.32 Å². The van der Waals surface area contributed by atoms with Crippen LogP contribution in [-0.4, -0.2) is 36.2 Å². The summed E-state index contributed by atoms with van der Waals surface area (Å²) in [5.74, 6) is 0.862. The normalized spacial score (nSPS) is 35.3. The Labute approximate surface area is 108 Å². The van der Waals surface area contributed by atoms with Crippen LogP contribution in [0.15, 0.2) is 0 Å². The summed E-state index contributed by atoms with van der Waals surface area (Å²) in [5.41, 5.74) is -0.342. The smallest absolute Gasteiger partial charge is 0.407 e. The number of hydrogen-bond acceptors (Lipinski definition) is 4. The van der Waals surface area contributed by atoms with Gasteiger partial charge < -0.3 is 14.8 Å². The van der Waals surface area contributed by atoms with Crippen LogP contribution >= 0.6 is 12.6 Å². The number of hydrogen-bond donors (Lipinski definition) is 2. The first-order chi connectivity index (χ1) is 7.78.